The molecule has 0 aliphatic rings. The van der Waals surface area contributed by atoms with Crippen LogP contribution in [0.1, 0.15) is 5.69 Å². The highest BCUT2D eigenvalue weighted by Crippen LogP contribution is 2.27. The number of H-pyrrole nitrogens is 1. The minimum Gasteiger partial charge on any atom is -0.495 e. The fourth-order valence-corrected chi connectivity index (χ4v) is 2.11. The van der Waals surface area contributed by atoms with E-state index in [0.717, 1.165) is 5.69 Å². The molecule has 0 spiro atoms. The number of benzene rings is 1. The maximum absolute atomic E-state index is 11.3. The van der Waals surface area contributed by atoms with E-state index in [1.807, 2.05) is 0 Å². The van der Waals surface area contributed by atoms with Gasteiger partial charge in [0.05, 0.1) is 36.3 Å². The number of methoxy groups -OCH3 is 1. The Morgan fingerprint density at radius 2 is 2.26 bits per heavy atom. The smallest absolute Gasteiger partial charge is 0.238 e. The van der Waals surface area contributed by atoms with Crippen LogP contribution in [-0.4, -0.2) is 25.5 Å². The minimum absolute atomic E-state index is 0.0282. The summed E-state index contributed by atoms with van der Waals surface area (Å²) in [6.45, 7) is 0.463. The molecule has 8 heteroatoms. The molecule has 0 radical (unpaired) electrons. The molecule has 0 saturated carbocycles. The van der Waals surface area contributed by atoms with Crippen LogP contribution in [0.5, 0.6) is 5.75 Å². The molecule has 2 aromatic rings. The van der Waals surface area contributed by atoms with E-state index in [0.29, 0.717) is 18.0 Å². The van der Waals surface area contributed by atoms with E-state index in [4.69, 9.17) is 9.88 Å². The standard InChI is InChI=1S/C11H14N4O3S/c1-18-11-3-2-9(19(12,16)17)4-10(11)14-6-8-5-13-7-15-8/h2-5,7,14H,6H2,1H3,(H,13,15)(H2,12,16,17). The molecule has 0 atom stereocenters. The van der Waals surface area contributed by atoms with E-state index in [-0.39, 0.29) is 4.90 Å². The number of sulfonamides is 1. The van der Waals surface area contributed by atoms with Crippen molar-refractivity contribution in [1.82, 2.24) is 9.97 Å². The van der Waals surface area contributed by atoms with Gasteiger partial charge in [0.25, 0.3) is 0 Å². The Kier molecular flexibility index (Phi) is 3.72. The van der Waals surface area contributed by atoms with Gasteiger partial charge >= 0.3 is 0 Å². The molecule has 2 rings (SSSR count). The van der Waals surface area contributed by atoms with Crippen molar-refractivity contribution in [3.63, 3.8) is 0 Å². The number of anilines is 1. The number of nitrogens with zero attached hydrogens (tertiary/aromatic N) is 1. The molecule has 4 N–H and O–H groups in total. The van der Waals surface area contributed by atoms with Crippen LogP contribution in [0, 0.1) is 0 Å². The van der Waals surface area contributed by atoms with Crippen molar-refractivity contribution in [2.75, 3.05) is 12.4 Å². The van der Waals surface area contributed by atoms with Gasteiger partial charge in [-0.1, -0.05) is 0 Å². The number of hydrogen-bond acceptors (Lipinski definition) is 5. The monoisotopic (exact) mass is 282 g/mol. The average molecular weight is 282 g/mol. The molecular weight excluding hydrogens is 268 g/mol. The topological polar surface area (TPSA) is 110 Å². The van der Waals surface area contributed by atoms with Crippen molar-refractivity contribution >= 4 is 15.7 Å². The van der Waals surface area contributed by atoms with E-state index < -0.39 is 10.0 Å². The summed E-state index contributed by atoms with van der Waals surface area (Å²) in [5.74, 6) is 0.534. The van der Waals surface area contributed by atoms with E-state index in [1.54, 1.807) is 18.6 Å². The summed E-state index contributed by atoms with van der Waals surface area (Å²) in [7, 11) is -2.23. The number of hydrogen-bond donors (Lipinski definition) is 3. The number of aromatic amines is 1. The van der Waals surface area contributed by atoms with Gasteiger partial charge in [-0.2, -0.15) is 0 Å². The summed E-state index contributed by atoms with van der Waals surface area (Å²) in [4.78, 5) is 6.85. The molecule has 7 nitrogen and oxygen atoms in total. The maximum Gasteiger partial charge on any atom is 0.238 e. The van der Waals surface area contributed by atoms with Crippen LogP contribution in [0.25, 0.3) is 0 Å². The molecule has 0 saturated heterocycles. The van der Waals surface area contributed by atoms with Crippen LogP contribution in [0.15, 0.2) is 35.6 Å². The fourth-order valence-electron chi connectivity index (χ4n) is 1.57. The zero-order chi connectivity index (χ0) is 13.9. The molecule has 0 bridgehead atoms. The Morgan fingerprint density at radius 3 is 2.84 bits per heavy atom. The van der Waals surface area contributed by atoms with Gasteiger partial charge < -0.3 is 15.0 Å². The van der Waals surface area contributed by atoms with Crippen LogP contribution < -0.4 is 15.2 Å². The van der Waals surface area contributed by atoms with Gasteiger partial charge in [-0.15, -0.1) is 0 Å². The highest BCUT2D eigenvalue weighted by atomic mass is 32.2. The molecule has 1 aromatic heterocycles. The van der Waals surface area contributed by atoms with Gasteiger partial charge in [0, 0.05) is 6.20 Å². The van der Waals surface area contributed by atoms with Crippen molar-refractivity contribution < 1.29 is 13.2 Å². The van der Waals surface area contributed by atoms with Crippen LogP contribution >= 0.6 is 0 Å². The van der Waals surface area contributed by atoms with Gasteiger partial charge in [-0.05, 0) is 18.2 Å². The first-order valence-corrected chi connectivity index (χ1v) is 6.97. The van der Waals surface area contributed by atoms with E-state index in [2.05, 4.69) is 15.3 Å². The average Bonchev–Trinajstić information content (AvgIpc) is 2.88. The molecule has 0 aliphatic heterocycles. The lowest BCUT2D eigenvalue weighted by atomic mass is 10.3. The Bertz CT molecular complexity index is 653. The fraction of sp³-hybridized carbons (Fsp3) is 0.182. The second-order valence-electron chi connectivity index (χ2n) is 3.84. The van der Waals surface area contributed by atoms with Crippen LogP contribution in [0.2, 0.25) is 0 Å². The second-order valence-corrected chi connectivity index (χ2v) is 5.40. The Morgan fingerprint density at radius 1 is 1.47 bits per heavy atom. The third kappa shape index (κ3) is 3.24. The summed E-state index contributed by atoms with van der Waals surface area (Å²) >= 11 is 0. The van der Waals surface area contributed by atoms with Crippen molar-refractivity contribution in [2.45, 2.75) is 11.4 Å². The first-order valence-electron chi connectivity index (χ1n) is 5.42. The molecule has 19 heavy (non-hydrogen) atoms. The van der Waals surface area contributed by atoms with Gasteiger partial charge in [-0.25, -0.2) is 18.5 Å². The largest absolute Gasteiger partial charge is 0.495 e. The summed E-state index contributed by atoms with van der Waals surface area (Å²) in [5, 5.41) is 8.16. The number of imidazole rings is 1. The molecule has 0 fully saturated rings. The second kappa shape index (κ2) is 5.29. The number of ether oxygens (including phenoxy) is 1. The maximum atomic E-state index is 11.3. The molecule has 1 heterocycles. The lowest BCUT2D eigenvalue weighted by Gasteiger charge is -2.11. The molecule has 0 aliphatic carbocycles. The normalized spacial score (nSPS) is 11.3. The molecule has 0 unspecified atom stereocenters. The number of nitrogens with one attached hydrogen (secondary N) is 2. The quantitative estimate of drug-likeness (QED) is 0.747. The van der Waals surface area contributed by atoms with Gasteiger partial charge in [0.1, 0.15) is 5.75 Å². The van der Waals surface area contributed by atoms with Gasteiger partial charge in [-0.3, -0.25) is 0 Å². The Balaban J connectivity index is 2.26. The number of rotatable bonds is 5. The molecule has 1 aromatic carbocycles. The number of primary sulfonamides is 1. The summed E-state index contributed by atoms with van der Waals surface area (Å²) < 4.78 is 27.8. The third-order valence-corrected chi connectivity index (χ3v) is 3.43. The van der Waals surface area contributed by atoms with Crippen LogP contribution in [0.3, 0.4) is 0 Å². The highest BCUT2D eigenvalue weighted by molar-refractivity contribution is 7.89. The van der Waals surface area contributed by atoms with Crippen molar-refractivity contribution in [1.29, 1.82) is 0 Å². The van der Waals surface area contributed by atoms with Crippen LogP contribution in [-0.2, 0) is 16.6 Å². The van der Waals surface area contributed by atoms with Gasteiger partial charge in [0.15, 0.2) is 0 Å². The number of nitrogens with two attached hydrogens (primary N) is 1. The van der Waals surface area contributed by atoms with E-state index in [1.165, 1.54) is 19.2 Å². The Hall–Kier alpha value is -2.06. The summed E-state index contributed by atoms with van der Waals surface area (Å²) in [6.07, 6.45) is 3.23. The predicted octanol–water partition coefficient (Wildman–Crippen LogP) is 0.678. The number of aromatic nitrogens is 2. The van der Waals surface area contributed by atoms with Crippen molar-refractivity contribution in [3.8, 4) is 5.75 Å². The third-order valence-electron chi connectivity index (χ3n) is 2.52. The van der Waals surface area contributed by atoms with Crippen LogP contribution in [0.4, 0.5) is 5.69 Å². The minimum atomic E-state index is -3.74. The summed E-state index contributed by atoms with van der Waals surface area (Å²) in [5.41, 5.74) is 1.41. The Labute approximate surface area is 110 Å². The lowest BCUT2D eigenvalue weighted by Crippen LogP contribution is -2.13. The first kappa shape index (κ1) is 13.4. The summed E-state index contributed by atoms with van der Waals surface area (Å²) in [6, 6.07) is 4.38. The molecule has 102 valence electrons. The lowest BCUT2D eigenvalue weighted by molar-refractivity contribution is 0.416. The SMILES string of the molecule is COc1ccc(S(N)(=O)=O)cc1NCc1cnc[nH]1. The van der Waals surface area contributed by atoms with E-state index >= 15 is 0 Å². The molecule has 0 amide bonds. The van der Waals surface area contributed by atoms with Gasteiger partial charge in [0.2, 0.25) is 10.0 Å². The molecular formula is C11H14N4O3S. The van der Waals surface area contributed by atoms with Crippen molar-refractivity contribution in [3.05, 3.63) is 36.4 Å². The zero-order valence-electron chi connectivity index (χ0n) is 10.3. The van der Waals surface area contributed by atoms with E-state index in [9.17, 15) is 8.42 Å². The first-order chi connectivity index (χ1) is 9.00. The highest BCUT2D eigenvalue weighted by Gasteiger charge is 2.12. The predicted molar refractivity (Wildman–Crippen MR) is 70.3 cm³/mol. The van der Waals surface area contributed by atoms with Crippen molar-refractivity contribution in [2.24, 2.45) is 5.14 Å². The zero-order valence-corrected chi connectivity index (χ0v) is 11.1.